The molecule has 0 bridgehead atoms. The van der Waals surface area contributed by atoms with Gasteiger partial charge in [-0.1, -0.05) is 6.07 Å². The van der Waals surface area contributed by atoms with Gasteiger partial charge in [0.25, 0.3) is 0 Å². The topological polar surface area (TPSA) is 85.5 Å². The van der Waals surface area contributed by atoms with E-state index in [1.807, 2.05) is 11.4 Å². The lowest BCUT2D eigenvalue weighted by atomic mass is 9.79. The predicted molar refractivity (Wildman–Crippen MR) is 114 cm³/mol. The highest BCUT2D eigenvalue weighted by atomic mass is 16.7. The maximum atomic E-state index is 13.2. The third kappa shape index (κ3) is 4.04. The van der Waals surface area contributed by atoms with Gasteiger partial charge in [-0.25, -0.2) is 14.6 Å². The fourth-order valence-corrected chi connectivity index (χ4v) is 5.00. The summed E-state index contributed by atoms with van der Waals surface area (Å²) >= 11 is 0. The minimum atomic E-state index is -0.125. The predicted octanol–water partition coefficient (Wildman–Crippen LogP) is 3.39. The molecule has 162 valence electrons. The summed E-state index contributed by atoms with van der Waals surface area (Å²) in [6, 6.07) is 2.10. The van der Waals surface area contributed by atoms with Crippen LogP contribution in [0, 0.1) is 25.7 Å². The molecular formula is C23H28N6O2. The zero-order chi connectivity index (χ0) is 21.4. The van der Waals surface area contributed by atoms with Gasteiger partial charge in [0.05, 0.1) is 18.5 Å². The molecule has 8 heteroatoms. The van der Waals surface area contributed by atoms with Gasteiger partial charge in [-0.15, -0.1) is 0 Å². The minimum absolute atomic E-state index is 0.0238. The van der Waals surface area contributed by atoms with Crippen molar-refractivity contribution in [3.8, 4) is 0 Å². The summed E-state index contributed by atoms with van der Waals surface area (Å²) in [6.45, 7) is 4.56. The average molecular weight is 421 g/mol. The Hall–Kier alpha value is -2.87. The standard InChI is InChI=1S/C23H28N6O2/c1-15-11-18(14-28-22(15)26-16(2)27-28)12-17-3-5-19(6-4-17)23(30)29-21(7-10-31-29)20-13-24-8-9-25-20/h8-9,11,13-14,17,19,21H,3-7,10,12H2,1-2H3/t17-,19-,21-/m0/s1. The van der Waals surface area contributed by atoms with E-state index in [9.17, 15) is 4.79 Å². The van der Waals surface area contributed by atoms with Crippen LogP contribution in [-0.2, 0) is 16.1 Å². The van der Waals surface area contributed by atoms with Gasteiger partial charge in [-0.3, -0.25) is 19.6 Å². The van der Waals surface area contributed by atoms with Crippen molar-refractivity contribution in [1.82, 2.24) is 29.6 Å². The molecule has 1 amide bonds. The van der Waals surface area contributed by atoms with Gasteiger partial charge in [0.15, 0.2) is 5.65 Å². The molecule has 3 aromatic heterocycles. The van der Waals surface area contributed by atoms with E-state index in [4.69, 9.17) is 4.84 Å². The molecule has 1 atom stereocenters. The molecule has 0 radical (unpaired) electrons. The lowest BCUT2D eigenvalue weighted by molar-refractivity contribution is -0.183. The number of aromatic nitrogens is 5. The number of carbonyl (C=O) groups excluding carboxylic acids is 1. The maximum Gasteiger partial charge on any atom is 0.249 e. The molecule has 5 rings (SSSR count). The normalized spacial score (nSPS) is 24.1. The van der Waals surface area contributed by atoms with Crippen molar-refractivity contribution in [2.75, 3.05) is 6.61 Å². The van der Waals surface area contributed by atoms with Gasteiger partial charge in [0, 0.05) is 30.9 Å². The van der Waals surface area contributed by atoms with E-state index in [0.717, 1.165) is 61.3 Å². The number of fused-ring (bicyclic) bond motifs is 1. The Kier molecular flexibility index (Phi) is 5.40. The molecule has 1 saturated carbocycles. The molecule has 1 saturated heterocycles. The molecule has 8 nitrogen and oxygen atoms in total. The van der Waals surface area contributed by atoms with Gasteiger partial charge in [0.1, 0.15) is 11.9 Å². The summed E-state index contributed by atoms with van der Waals surface area (Å²) < 4.78 is 1.90. The number of amides is 1. The van der Waals surface area contributed by atoms with Crippen LogP contribution in [-0.4, -0.2) is 42.1 Å². The summed E-state index contributed by atoms with van der Waals surface area (Å²) in [7, 11) is 0. The van der Waals surface area contributed by atoms with E-state index in [2.05, 4.69) is 39.2 Å². The lowest BCUT2D eigenvalue weighted by Gasteiger charge is -2.31. The summed E-state index contributed by atoms with van der Waals surface area (Å²) in [5.74, 6) is 1.50. The number of hydrogen-bond donors (Lipinski definition) is 0. The first kappa shape index (κ1) is 20.1. The molecule has 2 aliphatic rings. The smallest absolute Gasteiger partial charge is 0.249 e. The van der Waals surface area contributed by atoms with Crippen LogP contribution in [0.4, 0.5) is 0 Å². The average Bonchev–Trinajstić information content (AvgIpc) is 3.41. The first-order chi connectivity index (χ1) is 15.1. The Morgan fingerprint density at radius 1 is 1.16 bits per heavy atom. The Morgan fingerprint density at radius 3 is 2.77 bits per heavy atom. The number of hydrogen-bond acceptors (Lipinski definition) is 6. The van der Waals surface area contributed by atoms with Gasteiger partial charge >= 0.3 is 0 Å². The number of pyridine rings is 1. The van der Waals surface area contributed by atoms with Crippen LogP contribution in [0.1, 0.15) is 60.8 Å². The van der Waals surface area contributed by atoms with Crippen LogP contribution in [0.2, 0.25) is 0 Å². The van der Waals surface area contributed by atoms with Gasteiger partial charge in [-0.2, -0.15) is 5.10 Å². The number of aryl methyl sites for hydroxylation is 2. The highest BCUT2D eigenvalue weighted by molar-refractivity contribution is 5.78. The van der Waals surface area contributed by atoms with E-state index in [1.54, 1.807) is 23.7 Å². The van der Waals surface area contributed by atoms with Crippen LogP contribution in [0.3, 0.4) is 0 Å². The Bertz CT molecular complexity index is 1070. The van der Waals surface area contributed by atoms with Crippen molar-refractivity contribution in [3.05, 3.63) is 53.5 Å². The van der Waals surface area contributed by atoms with Gasteiger partial charge in [0.2, 0.25) is 5.91 Å². The fraction of sp³-hybridized carbons (Fsp3) is 0.522. The quantitative estimate of drug-likeness (QED) is 0.643. The first-order valence-corrected chi connectivity index (χ1v) is 11.1. The summed E-state index contributed by atoms with van der Waals surface area (Å²) in [5, 5.41) is 6.04. The van der Waals surface area contributed by atoms with E-state index in [-0.39, 0.29) is 17.9 Å². The molecule has 1 aliphatic heterocycles. The lowest BCUT2D eigenvalue weighted by Crippen LogP contribution is -2.37. The summed E-state index contributed by atoms with van der Waals surface area (Å²) in [6.07, 6.45) is 12.8. The van der Waals surface area contributed by atoms with Crippen LogP contribution in [0.25, 0.3) is 5.65 Å². The third-order valence-corrected chi connectivity index (χ3v) is 6.55. The molecule has 31 heavy (non-hydrogen) atoms. The van der Waals surface area contributed by atoms with E-state index < -0.39 is 0 Å². The summed E-state index contributed by atoms with van der Waals surface area (Å²) in [5.41, 5.74) is 4.17. The van der Waals surface area contributed by atoms with Crippen LogP contribution < -0.4 is 0 Å². The second-order valence-electron chi connectivity index (χ2n) is 8.81. The zero-order valence-corrected chi connectivity index (χ0v) is 18.1. The second-order valence-corrected chi connectivity index (χ2v) is 8.81. The number of rotatable bonds is 4. The summed E-state index contributed by atoms with van der Waals surface area (Å²) in [4.78, 5) is 31.9. The number of nitrogens with zero attached hydrogens (tertiary/aromatic N) is 6. The number of hydroxylamine groups is 2. The monoisotopic (exact) mass is 420 g/mol. The molecule has 0 spiro atoms. The maximum absolute atomic E-state index is 13.2. The third-order valence-electron chi connectivity index (χ3n) is 6.55. The molecule has 1 aliphatic carbocycles. The Morgan fingerprint density at radius 2 is 2.00 bits per heavy atom. The molecule has 0 unspecified atom stereocenters. The van der Waals surface area contributed by atoms with Crippen molar-refractivity contribution in [1.29, 1.82) is 0 Å². The minimum Gasteiger partial charge on any atom is -0.272 e. The molecular weight excluding hydrogens is 392 g/mol. The van der Waals surface area contributed by atoms with Gasteiger partial charge in [-0.05, 0) is 63.0 Å². The Labute approximate surface area is 181 Å². The van der Waals surface area contributed by atoms with E-state index in [1.165, 1.54) is 5.56 Å². The molecule has 2 fully saturated rings. The molecule has 0 N–H and O–H groups in total. The Balaban J connectivity index is 1.21. The van der Waals surface area contributed by atoms with Crippen molar-refractivity contribution in [3.63, 3.8) is 0 Å². The largest absolute Gasteiger partial charge is 0.272 e. The van der Waals surface area contributed by atoms with Crippen LogP contribution in [0.5, 0.6) is 0 Å². The van der Waals surface area contributed by atoms with Crippen molar-refractivity contribution in [2.24, 2.45) is 11.8 Å². The van der Waals surface area contributed by atoms with Crippen LogP contribution >= 0.6 is 0 Å². The first-order valence-electron chi connectivity index (χ1n) is 11.1. The van der Waals surface area contributed by atoms with Crippen molar-refractivity contribution >= 4 is 11.6 Å². The van der Waals surface area contributed by atoms with E-state index in [0.29, 0.717) is 12.5 Å². The fourth-order valence-electron chi connectivity index (χ4n) is 5.00. The molecule has 4 heterocycles. The number of carbonyl (C=O) groups is 1. The zero-order valence-electron chi connectivity index (χ0n) is 18.1. The SMILES string of the molecule is Cc1nc2c(C)cc(C[C@H]3CC[C@H](C(=O)N4OCC[C@H]4c4cnccn4)CC3)cn2n1. The van der Waals surface area contributed by atoms with E-state index >= 15 is 0 Å². The molecule has 3 aromatic rings. The highest BCUT2D eigenvalue weighted by Crippen LogP contribution is 2.36. The van der Waals surface area contributed by atoms with Crippen LogP contribution in [0.15, 0.2) is 30.9 Å². The van der Waals surface area contributed by atoms with Crippen molar-refractivity contribution in [2.45, 2.75) is 58.4 Å². The second kappa shape index (κ2) is 8.34. The van der Waals surface area contributed by atoms with Gasteiger partial charge < -0.3 is 0 Å². The molecule has 0 aromatic carbocycles. The highest BCUT2D eigenvalue weighted by Gasteiger charge is 2.37. The van der Waals surface area contributed by atoms with Crippen molar-refractivity contribution < 1.29 is 9.63 Å².